The number of rotatable bonds is 7. The van der Waals surface area contributed by atoms with Crippen molar-refractivity contribution in [2.75, 3.05) is 50.0 Å². The molecule has 0 unspecified atom stereocenters. The molecule has 3 N–H and O–H groups in total. The Kier molecular flexibility index (Phi) is 6.51. The number of likely N-dealkylation sites (N-methyl/N-ethyl adjacent to an activating group) is 1. The monoisotopic (exact) mass is 527 g/mol. The van der Waals surface area contributed by atoms with Gasteiger partial charge < -0.3 is 29.9 Å². The fourth-order valence-corrected chi connectivity index (χ4v) is 5.25. The Morgan fingerprint density at radius 1 is 1.13 bits per heavy atom. The molecule has 2 aliphatic rings. The number of aromatic amines is 1. The Morgan fingerprint density at radius 2 is 1.92 bits per heavy atom. The molecule has 0 radical (unpaired) electrons. The van der Waals surface area contributed by atoms with E-state index in [4.69, 9.17) is 9.51 Å². The van der Waals surface area contributed by atoms with Gasteiger partial charge in [0.15, 0.2) is 11.5 Å². The molecule has 11 heteroatoms. The van der Waals surface area contributed by atoms with E-state index >= 15 is 0 Å². The van der Waals surface area contributed by atoms with Crippen molar-refractivity contribution >= 4 is 23.2 Å². The van der Waals surface area contributed by atoms with Crippen LogP contribution in [0.3, 0.4) is 0 Å². The van der Waals surface area contributed by atoms with E-state index in [1.165, 1.54) is 5.69 Å². The summed E-state index contributed by atoms with van der Waals surface area (Å²) < 4.78 is 5.72. The first-order chi connectivity index (χ1) is 18.9. The lowest BCUT2D eigenvalue weighted by Crippen LogP contribution is -2.44. The highest BCUT2D eigenvalue weighted by molar-refractivity contribution is 5.95. The number of carbonyl (C=O) groups is 1. The molecule has 1 aliphatic heterocycles. The number of piperazine rings is 1. The fourth-order valence-electron chi connectivity index (χ4n) is 5.25. The van der Waals surface area contributed by atoms with Gasteiger partial charge in [0.05, 0.1) is 12.0 Å². The molecule has 0 spiro atoms. The topological polar surface area (TPSA) is 128 Å². The summed E-state index contributed by atoms with van der Waals surface area (Å²) in [6.07, 6.45) is 6.52. The van der Waals surface area contributed by atoms with Gasteiger partial charge in [-0.05, 0) is 43.1 Å². The molecule has 6 rings (SSSR count). The number of nitrogens with zero attached hydrogens (tertiary/aromatic N) is 6. The first-order valence-corrected chi connectivity index (χ1v) is 13.3. The summed E-state index contributed by atoms with van der Waals surface area (Å²) in [5.41, 5.74) is 5.41. The molecule has 3 aromatic heterocycles. The Balaban J connectivity index is 1.20. The van der Waals surface area contributed by atoms with E-state index in [0.717, 1.165) is 48.7 Å². The Labute approximate surface area is 227 Å². The summed E-state index contributed by atoms with van der Waals surface area (Å²) in [5, 5.41) is 10.4. The number of anilines is 3. The predicted octanol–water partition coefficient (Wildman–Crippen LogP) is 3.16. The largest absolute Gasteiger partial charge is 0.369 e. The maximum Gasteiger partial charge on any atom is 0.273 e. The van der Waals surface area contributed by atoms with E-state index in [2.05, 4.69) is 73.6 Å². The van der Waals surface area contributed by atoms with Crippen LogP contribution in [0.15, 0.2) is 47.5 Å². The van der Waals surface area contributed by atoms with Gasteiger partial charge in [0, 0.05) is 74.0 Å². The molecule has 202 valence electrons. The number of imidazole rings is 1. The molecule has 0 atom stereocenters. The van der Waals surface area contributed by atoms with Crippen LogP contribution in [-0.4, -0.2) is 75.7 Å². The molecule has 0 bridgehead atoms. The lowest BCUT2D eigenvalue weighted by atomic mass is 9.74. The second-order valence-electron chi connectivity index (χ2n) is 10.9. The minimum absolute atomic E-state index is 0.261. The number of nitrogens with one attached hydrogen (secondary N) is 3. The summed E-state index contributed by atoms with van der Waals surface area (Å²) in [6, 6.07) is 8.35. The van der Waals surface area contributed by atoms with Crippen molar-refractivity contribution in [2.24, 2.45) is 0 Å². The standard InChI is InChI=1S/C28H33N9O2/c1-28(2)14-21-23(26(38)30-9-8-19-15-29-17-32-19)35-39-25(21)24-22(28)16-31-27(34-24)33-18-4-6-20(7-5-18)37-12-10-36(3)11-13-37/h4-7,15-17H,8-14H2,1-3H3,(H,29,32)(H,30,38)(H,31,33,34). The zero-order chi connectivity index (χ0) is 27.0. The Morgan fingerprint density at radius 3 is 2.67 bits per heavy atom. The summed E-state index contributed by atoms with van der Waals surface area (Å²) in [4.78, 5) is 34.3. The number of H-pyrrole nitrogens is 1. The number of hydrogen-bond acceptors (Lipinski definition) is 9. The number of aromatic nitrogens is 5. The molecule has 11 nitrogen and oxygen atoms in total. The lowest BCUT2D eigenvalue weighted by Gasteiger charge is -2.34. The fraction of sp³-hybridized carbons (Fsp3) is 0.393. The van der Waals surface area contributed by atoms with Crippen molar-refractivity contribution in [1.82, 2.24) is 35.3 Å². The molecular weight excluding hydrogens is 494 g/mol. The van der Waals surface area contributed by atoms with Crippen LogP contribution in [0.5, 0.6) is 0 Å². The molecule has 1 aromatic carbocycles. The molecule has 39 heavy (non-hydrogen) atoms. The smallest absolute Gasteiger partial charge is 0.273 e. The first kappa shape index (κ1) is 25.1. The van der Waals surface area contributed by atoms with E-state index in [9.17, 15) is 4.79 Å². The average Bonchev–Trinajstić information content (AvgIpc) is 3.59. The second kappa shape index (κ2) is 10.1. The van der Waals surface area contributed by atoms with Crippen molar-refractivity contribution in [3.63, 3.8) is 0 Å². The van der Waals surface area contributed by atoms with Gasteiger partial charge in [0.1, 0.15) is 5.69 Å². The number of benzene rings is 1. The molecular formula is C28H33N9O2. The predicted molar refractivity (Wildman–Crippen MR) is 148 cm³/mol. The van der Waals surface area contributed by atoms with Crippen molar-refractivity contribution in [3.05, 3.63) is 65.5 Å². The van der Waals surface area contributed by atoms with Gasteiger partial charge in [-0.3, -0.25) is 4.79 Å². The zero-order valence-corrected chi connectivity index (χ0v) is 22.5. The van der Waals surface area contributed by atoms with E-state index in [0.29, 0.717) is 42.5 Å². The number of carbonyl (C=O) groups excluding carboxylic acids is 1. The second-order valence-corrected chi connectivity index (χ2v) is 10.9. The van der Waals surface area contributed by atoms with Crippen molar-refractivity contribution in [1.29, 1.82) is 0 Å². The van der Waals surface area contributed by atoms with E-state index in [1.54, 1.807) is 6.33 Å². The van der Waals surface area contributed by atoms with Gasteiger partial charge in [0.2, 0.25) is 5.95 Å². The highest BCUT2D eigenvalue weighted by atomic mass is 16.5. The van der Waals surface area contributed by atoms with E-state index in [1.807, 2.05) is 24.5 Å². The number of amides is 1. The van der Waals surface area contributed by atoms with Gasteiger partial charge in [-0.15, -0.1) is 0 Å². The van der Waals surface area contributed by atoms with Crippen LogP contribution in [0.2, 0.25) is 0 Å². The zero-order valence-electron chi connectivity index (χ0n) is 22.5. The Hall–Kier alpha value is -4.25. The highest BCUT2D eigenvalue weighted by Gasteiger charge is 2.38. The third-order valence-corrected chi connectivity index (χ3v) is 7.57. The first-order valence-electron chi connectivity index (χ1n) is 13.3. The summed E-state index contributed by atoms with van der Waals surface area (Å²) in [7, 11) is 2.16. The quantitative estimate of drug-likeness (QED) is 0.332. The van der Waals surface area contributed by atoms with Gasteiger partial charge in [-0.25, -0.2) is 15.0 Å². The third-order valence-electron chi connectivity index (χ3n) is 7.57. The third kappa shape index (κ3) is 5.09. The van der Waals surface area contributed by atoms with Crippen molar-refractivity contribution in [3.8, 4) is 11.5 Å². The van der Waals surface area contributed by atoms with Crippen LogP contribution >= 0.6 is 0 Å². The van der Waals surface area contributed by atoms with Crippen LogP contribution in [0, 0.1) is 0 Å². The minimum atomic E-state index is -0.291. The molecule has 1 aliphatic carbocycles. The SMILES string of the molecule is CN1CCN(c2ccc(Nc3ncc4c(n3)-c3onc(C(=O)NCCc5c[nH]cn5)c3CC4(C)C)cc2)CC1. The lowest BCUT2D eigenvalue weighted by molar-refractivity contribution is 0.0944. The number of hydrogen-bond donors (Lipinski definition) is 3. The summed E-state index contributed by atoms with van der Waals surface area (Å²) in [5.74, 6) is 0.728. The molecule has 1 saturated heterocycles. The van der Waals surface area contributed by atoms with Gasteiger partial charge in [-0.2, -0.15) is 0 Å². The van der Waals surface area contributed by atoms with Gasteiger partial charge >= 0.3 is 0 Å². The molecule has 4 heterocycles. The molecule has 4 aromatic rings. The van der Waals surface area contributed by atoms with Crippen molar-refractivity contribution in [2.45, 2.75) is 32.1 Å². The van der Waals surface area contributed by atoms with Crippen LogP contribution in [0.25, 0.3) is 11.5 Å². The van der Waals surface area contributed by atoms with E-state index in [-0.39, 0.29) is 11.3 Å². The maximum atomic E-state index is 13.0. The molecule has 1 amide bonds. The minimum Gasteiger partial charge on any atom is -0.369 e. The average molecular weight is 528 g/mol. The van der Waals surface area contributed by atoms with Crippen LogP contribution in [0.4, 0.5) is 17.3 Å². The van der Waals surface area contributed by atoms with Crippen molar-refractivity contribution < 1.29 is 9.32 Å². The van der Waals surface area contributed by atoms with Crippen LogP contribution in [-0.2, 0) is 18.3 Å². The normalized spacial score (nSPS) is 16.4. The Bertz CT molecular complexity index is 1450. The molecule has 1 fully saturated rings. The summed E-state index contributed by atoms with van der Waals surface area (Å²) >= 11 is 0. The van der Waals surface area contributed by atoms with Crippen LogP contribution in [0.1, 0.15) is 41.2 Å². The number of fused-ring (bicyclic) bond motifs is 3. The molecule has 0 saturated carbocycles. The highest BCUT2D eigenvalue weighted by Crippen LogP contribution is 2.43. The maximum absolute atomic E-state index is 13.0. The van der Waals surface area contributed by atoms with Gasteiger partial charge in [0.25, 0.3) is 5.91 Å². The van der Waals surface area contributed by atoms with E-state index < -0.39 is 0 Å². The summed E-state index contributed by atoms with van der Waals surface area (Å²) in [6.45, 7) is 8.88. The van der Waals surface area contributed by atoms with Gasteiger partial charge in [-0.1, -0.05) is 19.0 Å². The van der Waals surface area contributed by atoms with Crippen LogP contribution < -0.4 is 15.5 Å².